The van der Waals surface area contributed by atoms with Crippen molar-refractivity contribution in [2.45, 2.75) is 26.8 Å². The highest BCUT2D eigenvalue weighted by molar-refractivity contribution is 5.01. The summed E-state index contributed by atoms with van der Waals surface area (Å²) in [6.45, 7) is 6.02. The standard InChI is InChI=1S/C10H18N2O2/c1-3-10-11-9(2)8-12(10)4-6-14-7-5-13/h8,13H,3-7H2,1-2H3. The van der Waals surface area contributed by atoms with E-state index in [0.717, 1.165) is 24.5 Å². The van der Waals surface area contributed by atoms with E-state index in [1.54, 1.807) is 0 Å². The first kappa shape index (κ1) is 11.2. The molecule has 0 fully saturated rings. The largest absolute Gasteiger partial charge is 0.394 e. The average molecular weight is 198 g/mol. The number of aryl methyl sites for hydroxylation is 2. The molecule has 0 unspecified atom stereocenters. The third-order valence-corrected chi connectivity index (χ3v) is 2.01. The van der Waals surface area contributed by atoms with Crippen molar-refractivity contribution in [3.8, 4) is 0 Å². The summed E-state index contributed by atoms with van der Waals surface area (Å²) in [7, 11) is 0. The van der Waals surface area contributed by atoms with E-state index in [9.17, 15) is 0 Å². The van der Waals surface area contributed by atoms with Gasteiger partial charge in [0.1, 0.15) is 5.82 Å². The van der Waals surface area contributed by atoms with Crippen LogP contribution in [0.1, 0.15) is 18.4 Å². The maximum atomic E-state index is 8.52. The summed E-state index contributed by atoms with van der Waals surface area (Å²) < 4.78 is 7.30. The average Bonchev–Trinajstić information content (AvgIpc) is 2.54. The minimum absolute atomic E-state index is 0.0869. The van der Waals surface area contributed by atoms with Crippen LogP contribution in [0.4, 0.5) is 0 Å². The number of aliphatic hydroxyl groups is 1. The predicted molar refractivity (Wildman–Crippen MR) is 54.2 cm³/mol. The van der Waals surface area contributed by atoms with E-state index >= 15 is 0 Å². The van der Waals surface area contributed by atoms with Crippen molar-refractivity contribution < 1.29 is 9.84 Å². The van der Waals surface area contributed by atoms with Crippen LogP contribution in [0.3, 0.4) is 0 Å². The van der Waals surface area contributed by atoms with Gasteiger partial charge in [0.2, 0.25) is 0 Å². The molecule has 0 bridgehead atoms. The molecule has 0 atom stereocenters. The van der Waals surface area contributed by atoms with Gasteiger partial charge in [-0.05, 0) is 6.92 Å². The monoisotopic (exact) mass is 198 g/mol. The molecule has 1 aromatic heterocycles. The zero-order chi connectivity index (χ0) is 10.4. The van der Waals surface area contributed by atoms with Crippen LogP contribution in [0.2, 0.25) is 0 Å². The summed E-state index contributed by atoms with van der Waals surface area (Å²) in [4.78, 5) is 4.39. The molecule has 0 radical (unpaired) electrons. The van der Waals surface area contributed by atoms with Gasteiger partial charge in [0.15, 0.2) is 0 Å². The topological polar surface area (TPSA) is 47.3 Å². The van der Waals surface area contributed by atoms with Gasteiger partial charge in [-0.15, -0.1) is 0 Å². The minimum atomic E-state index is 0.0869. The van der Waals surface area contributed by atoms with Crippen molar-refractivity contribution >= 4 is 0 Å². The van der Waals surface area contributed by atoms with Gasteiger partial charge in [-0.1, -0.05) is 6.92 Å². The second-order valence-electron chi connectivity index (χ2n) is 3.18. The number of imidazole rings is 1. The van der Waals surface area contributed by atoms with E-state index in [0.29, 0.717) is 13.2 Å². The summed E-state index contributed by atoms with van der Waals surface area (Å²) in [5.41, 5.74) is 1.05. The van der Waals surface area contributed by atoms with E-state index < -0.39 is 0 Å². The lowest BCUT2D eigenvalue weighted by atomic mass is 10.4. The molecule has 1 rings (SSSR count). The SMILES string of the molecule is CCc1nc(C)cn1CCOCCO. The zero-order valence-electron chi connectivity index (χ0n) is 8.86. The first-order valence-corrected chi connectivity index (χ1v) is 4.99. The normalized spacial score (nSPS) is 10.8. The Hall–Kier alpha value is -0.870. The van der Waals surface area contributed by atoms with Crippen molar-refractivity contribution in [1.82, 2.24) is 9.55 Å². The number of rotatable bonds is 6. The van der Waals surface area contributed by atoms with Crippen LogP contribution in [0.15, 0.2) is 6.20 Å². The third-order valence-electron chi connectivity index (χ3n) is 2.01. The Morgan fingerprint density at radius 1 is 1.50 bits per heavy atom. The first-order valence-electron chi connectivity index (χ1n) is 4.99. The lowest BCUT2D eigenvalue weighted by molar-refractivity contribution is 0.0866. The fourth-order valence-electron chi connectivity index (χ4n) is 1.40. The van der Waals surface area contributed by atoms with Crippen LogP contribution < -0.4 is 0 Å². The lowest BCUT2D eigenvalue weighted by Gasteiger charge is -2.06. The number of aromatic nitrogens is 2. The maximum Gasteiger partial charge on any atom is 0.108 e. The molecule has 1 aromatic rings. The summed E-state index contributed by atoms with van der Waals surface area (Å²) in [6, 6.07) is 0. The van der Waals surface area contributed by atoms with Crippen molar-refractivity contribution in [3.63, 3.8) is 0 Å². The molecule has 14 heavy (non-hydrogen) atoms. The molecule has 0 saturated heterocycles. The molecule has 0 aliphatic heterocycles. The predicted octanol–water partition coefficient (Wildman–Crippen LogP) is 0.763. The highest BCUT2D eigenvalue weighted by atomic mass is 16.5. The fourth-order valence-corrected chi connectivity index (χ4v) is 1.40. The van der Waals surface area contributed by atoms with Crippen molar-refractivity contribution in [3.05, 3.63) is 17.7 Å². The molecule has 0 aliphatic carbocycles. The molecule has 0 aliphatic rings. The summed E-state index contributed by atoms with van der Waals surface area (Å²) in [6.07, 6.45) is 2.97. The molecule has 4 heteroatoms. The first-order chi connectivity index (χ1) is 6.77. The second-order valence-corrected chi connectivity index (χ2v) is 3.18. The Labute approximate surface area is 84.5 Å². The molecule has 0 amide bonds. The summed E-state index contributed by atoms with van der Waals surface area (Å²) in [5.74, 6) is 1.09. The van der Waals surface area contributed by atoms with Gasteiger partial charge in [0, 0.05) is 19.2 Å². The highest BCUT2D eigenvalue weighted by Crippen LogP contribution is 2.02. The van der Waals surface area contributed by atoms with E-state index in [1.165, 1.54) is 0 Å². The van der Waals surface area contributed by atoms with Crippen LogP contribution in [-0.4, -0.2) is 34.5 Å². The number of aliphatic hydroxyl groups excluding tert-OH is 1. The Morgan fingerprint density at radius 2 is 2.29 bits per heavy atom. The van der Waals surface area contributed by atoms with Crippen molar-refractivity contribution in [2.75, 3.05) is 19.8 Å². The molecule has 0 aromatic carbocycles. The van der Waals surface area contributed by atoms with Gasteiger partial charge in [-0.2, -0.15) is 0 Å². The zero-order valence-corrected chi connectivity index (χ0v) is 8.86. The van der Waals surface area contributed by atoms with Crippen LogP contribution in [0.25, 0.3) is 0 Å². The molecule has 80 valence electrons. The quantitative estimate of drug-likeness (QED) is 0.687. The van der Waals surface area contributed by atoms with E-state index in [1.807, 2.05) is 13.1 Å². The van der Waals surface area contributed by atoms with E-state index in [-0.39, 0.29) is 6.61 Å². The Kier molecular flexibility index (Phi) is 4.62. The summed E-state index contributed by atoms with van der Waals surface area (Å²) >= 11 is 0. The molecular weight excluding hydrogens is 180 g/mol. The van der Waals surface area contributed by atoms with Gasteiger partial charge < -0.3 is 14.4 Å². The Bertz CT molecular complexity index is 271. The Balaban J connectivity index is 2.41. The molecule has 0 spiro atoms. The third kappa shape index (κ3) is 3.12. The molecular formula is C10H18N2O2. The van der Waals surface area contributed by atoms with E-state index in [4.69, 9.17) is 9.84 Å². The summed E-state index contributed by atoms with van der Waals surface area (Å²) in [5, 5.41) is 8.52. The van der Waals surface area contributed by atoms with Gasteiger partial charge in [0.25, 0.3) is 0 Å². The van der Waals surface area contributed by atoms with Gasteiger partial charge >= 0.3 is 0 Å². The van der Waals surface area contributed by atoms with Crippen LogP contribution in [0.5, 0.6) is 0 Å². The van der Waals surface area contributed by atoms with Crippen molar-refractivity contribution in [1.29, 1.82) is 0 Å². The van der Waals surface area contributed by atoms with Crippen LogP contribution in [0, 0.1) is 6.92 Å². The maximum absolute atomic E-state index is 8.52. The minimum Gasteiger partial charge on any atom is -0.394 e. The van der Waals surface area contributed by atoms with Crippen LogP contribution in [-0.2, 0) is 17.7 Å². The molecule has 1 heterocycles. The fraction of sp³-hybridized carbons (Fsp3) is 0.700. The second kappa shape index (κ2) is 5.78. The molecule has 1 N–H and O–H groups in total. The van der Waals surface area contributed by atoms with Crippen LogP contribution >= 0.6 is 0 Å². The number of nitrogens with zero attached hydrogens (tertiary/aromatic N) is 2. The number of hydrogen-bond acceptors (Lipinski definition) is 3. The van der Waals surface area contributed by atoms with Gasteiger partial charge in [0.05, 0.1) is 25.5 Å². The highest BCUT2D eigenvalue weighted by Gasteiger charge is 2.02. The van der Waals surface area contributed by atoms with Gasteiger partial charge in [-0.25, -0.2) is 4.98 Å². The lowest BCUT2D eigenvalue weighted by Crippen LogP contribution is -2.10. The molecule has 0 saturated carbocycles. The Morgan fingerprint density at radius 3 is 2.93 bits per heavy atom. The van der Waals surface area contributed by atoms with E-state index in [2.05, 4.69) is 16.5 Å². The van der Waals surface area contributed by atoms with Crippen molar-refractivity contribution in [2.24, 2.45) is 0 Å². The van der Waals surface area contributed by atoms with Gasteiger partial charge in [-0.3, -0.25) is 0 Å². The number of ether oxygens (including phenoxy) is 1. The molecule has 4 nitrogen and oxygen atoms in total. The number of hydrogen-bond donors (Lipinski definition) is 1. The smallest absolute Gasteiger partial charge is 0.108 e.